The van der Waals surface area contributed by atoms with Crippen LogP contribution < -0.4 is 15.0 Å². The number of rotatable bonds is 8. The normalized spacial score (nSPS) is 11.6. The quantitative estimate of drug-likeness (QED) is 0.541. The Morgan fingerprint density at radius 2 is 1.90 bits per heavy atom. The van der Waals surface area contributed by atoms with Gasteiger partial charge in [0.25, 0.3) is 0 Å². The number of anilines is 1. The number of halogens is 1. The summed E-state index contributed by atoms with van der Waals surface area (Å²) < 4.78 is 5.20. The Kier molecular flexibility index (Phi) is 7.49. The van der Waals surface area contributed by atoms with Gasteiger partial charge in [-0.05, 0) is 41.6 Å². The van der Waals surface area contributed by atoms with Crippen LogP contribution in [0.3, 0.4) is 0 Å². The number of carbonyl (C=O) groups is 2. The molecular formula is C23H23ClN2O3S. The number of ether oxygens (including phenoxy) is 1. The molecule has 0 aliphatic carbocycles. The summed E-state index contributed by atoms with van der Waals surface area (Å²) in [4.78, 5) is 28.1. The molecule has 0 saturated carbocycles. The lowest BCUT2D eigenvalue weighted by molar-refractivity contribution is -0.125. The van der Waals surface area contributed by atoms with Crippen LogP contribution in [0.25, 0.3) is 0 Å². The molecule has 0 unspecified atom stereocenters. The van der Waals surface area contributed by atoms with Crippen LogP contribution in [-0.2, 0) is 16.0 Å². The van der Waals surface area contributed by atoms with Crippen LogP contribution in [-0.4, -0.2) is 25.5 Å². The van der Waals surface area contributed by atoms with Gasteiger partial charge in [0, 0.05) is 24.0 Å². The Hall–Kier alpha value is -2.83. The summed E-state index contributed by atoms with van der Waals surface area (Å²) in [5, 5.41) is 5.24. The van der Waals surface area contributed by atoms with Crippen LogP contribution in [0, 0.1) is 0 Å². The molecule has 2 amide bonds. The molecule has 3 rings (SSSR count). The first kappa shape index (κ1) is 21.9. The molecule has 7 heteroatoms. The van der Waals surface area contributed by atoms with Crippen molar-refractivity contribution in [2.45, 2.75) is 19.4 Å². The molecule has 156 valence electrons. The number of nitrogens with zero attached hydrogens (tertiary/aromatic N) is 1. The molecular weight excluding hydrogens is 420 g/mol. The van der Waals surface area contributed by atoms with E-state index in [4.69, 9.17) is 16.3 Å². The summed E-state index contributed by atoms with van der Waals surface area (Å²) >= 11 is 7.71. The smallest absolute Gasteiger partial charge is 0.248 e. The highest BCUT2D eigenvalue weighted by atomic mass is 35.5. The van der Waals surface area contributed by atoms with Gasteiger partial charge in [-0.25, -0.2) is 0 Å². The van der Waals surface area contributed by atoms with Gasteiger partial charge in [-0.15, -0.1) is 11.3 Å². The van der Waals surface area contributed by atoms with E-state index in [0.29, 0.717) is 29.4 Å². The zero-order valence-electron chi connectivity index (χ0n) is 16.8. The summed E-state index contributed by atoms with van der Waals surface area (Å²) in [6.07, 6.45) is 0.707. The fourth-order valence-corrected chi connectivity index (χ4v) is 4.27. The first-order valence-corrected chi connectivity index (χ1v) is 10.8. The Labute approximate surface area is 185 Å². The average Bonchev–Trinajstić information content (AvgIpc) is 3.26. The van der Waals surface area contributed by atoms with Crippen molar-refractivity contribution >= 4 is 40.4 Å². The minimum atomic E-state index is -0.789. The lowest BCUT2D eigenvalue weighted by Gasteiger charge is -2.30. The van der Waals surface area contributed by atoms with Crippen molar-refractivity contribution in [2.24, 2.45) is 0 Å². The molecule has 5 nitrogen and oxygen atoms in total. The van der Waals surface area contributed by atoms with Crippen LogP contribution in [0.5, 0.6) is 5.75 Å². The number of hydrogen-bond donors (Lipinski definition) is 1. The molecule has 0 aliphatic rings. The predicted octanol–water partition coefficient (Wildman–Crippen LogP) is 4.86. The van der Waals surface area contributed by atoms with Gasteiger partial charge < -0.3 is 10.1 Å². The first-order chi connectivity index (χ1) is 14.5. The fourth-order valence-electron chi connectivity index (χ4n) is 3.21. The summed E-state index contributed by atoms with van der Waals surface area (Å²) in [6, 6.07) is 17.9. The van der Waals surface area contributed by atoms with Gasteiger partial charge >= 0.3 is 0 Å². The van der Waals surface area contributed by atoms with Crippen molar-refractivity contribution in [1.29, 1.82) is 0 Å². The third-order valence-electron chi connectivity index (χ3n) is 4.63. The van der Waals surface area contributed by atoms with E-state index < -0.39 is 6.04 Å². The van der Waals surface area contributed by atoms with E-state index >= 15 is 0 Å². The number of methoxy groups -OCH3 is 1. The minimum absolute atomic E-state index is 0.240. The molecule has 1 atom stereocenters. The highest BCUT2D eigenvalue weighted by molar-refractivity contribution is 7.10. The molecule has 2 aromatic carbocycles. The van der Waals surface area contributed by atoms with Crippen molar-refractivity contribution in [3.63, 3.8) is 0 Å². The van der Waals surface area contributed by atoms with E-state index in [1.54, 1.807) is 18.2 Å². The van der Waals surface area contributed by atoms with E-state index in [1.165, 1.54) is 30.3 Å². The number of hydrogen-bond acceptors (Lipinski definition) is 4. The molecule has 30 heavy (non-hydrogen) atoms. The van der Waals surface area contributed by atoms with E-state index in [-0.39, 0.29) is 11.8 Å². The molecule has 0 radical (unpaired) electrons. The Morgan fingerprint density at radius 1 is 1.13 bits per heavy atom. The molecule has 0 aliphatic heterocycles. The SMILES string of the molecule is COc1ccc(N(C(C)=O)[C@@H](C(=O)NCCc2ccccc2)c2cccs2)cc1Cl. The number of amides is 2. The Bertz CT molecular complexity index is 993. The molecule has 0 fully saturated rings. The third-order valence-corrected chi connectivity index (χ3v) is 5.85. The zero-order chi connectivity index (χ0) is 21.5. The van der Waals surface area contributed by atoms with Crippen LogP contribution >= 0.6 is 22.9 Å². The van der Waals surface area contributed by atoms with Gasteiger partial charge in [0.1, 0.15) is 11.8 Å². The number of benzene rings is 2. The molecule has 0 saturated heterocycles. The van der Waals surface area contributed by atoms with Gasteiger partial charge in [-0.3, -0.25) is 14.5 Å². The summed E-state index contributed by atoms with van der Waals surface area (Å²) in [7, 11) is 1.53. The second-order valence-electron chi connectivity index (χ2n) is 6.65. The maximum Gasteiger partial charge on any atom is 0.248 e. The molecule has 1 heterocycles. The topological polar surface area (TPSA) is 58.6 Å². The van der Waals surface area contributed by atoms with Crippen molar-refractivity contribution in [1.82, 2.24) is 5.32 Å². The molecule has 1 aromatic heterocycles. The van der Waals surface area contributed by atoms with Gasteiger partial charge in [-0.1, -0.05) is 48.0 Å². The van der Waals surface area contributed by atoms with E-state index in [2.05, 4.69) is 5.32 Å². The highest BCUT2D eigenvalue weighted by Gasteiger charge is 2.32. The summed E-state index contributed by atoms with van der Waals surface area (Å²) in [5.74, 6) is 0.00673. The maximum atomic E-state index is 13.2. The van der Waals surface area contributed by atoms with Gasteiger partial charge in [0.2, 0.25) is 11.8 Å². The van der Waals surface area contributed by atoms with E-state index in [0.717, 1.165) is 10.4 Å². The number of nitrogens with one attached hydrogen (secondary N) is 1. The molecule has 0 bridgehead atoms. The minimum Gasteiger partial charge on any atom is -0.495 e. The van der Waals surface area contributed by atoms with Crippen molar-refractivity contribution in [3.05, 3.63) is 81.5 Å². The predicted molar refractivity (Wildman–Crippen MR) is 121 cm³/mol. The standard InChI is InChI=1S/C23H23ClN2O3S/c1-16(27)26(18-10-11-20(29-2)19(24)15-18)22(21-9-6-14-30-21)23(28)25-13-12-17-7-4-3-5-8-17/h3-11,14-15,22H,12-13H2,1-2H3,(H,25,28)/t22-/m1/s1. The van der Waals surface area contributed by atoms with Crippen molar-refractivity contribution < 1.29 is 14.3 Å². The van der Waals surface area contributed by atoms with Crippen LogP contribution in [0.15, 0.2) is 66.0 Å². The maximum absolute atomic E-state index is 13.2. The van der Waals surface area contributed by atoms with E-state index in [1.807, 2.05) is 47.8 Å². The van der Waals surface area contributed by atoms with Gasteiger partial charge in [0.05, 0.1) is 12.1 Å². The monoisotopic (exact) mass is 442 g/mol. The molecule has 0 spiro atoms. The Morgan fingerprint density at radius 3 is 2.50 bits per heavy atom. The fraction of sp³-hybridized carbons (Fsp3) is 0.217. The number of thiophene rings is 1. The highest BCUT2D eigenvalue weighted by Crippen LogP contribution is 2.35. The zero-order valence-corrected chi connectivity index (χ0v) is 18.4. The van der Waals surface area contributed by atoms with Crippen molar-refractivity contribution in [3.8, 4) is 5.75 Å². The van der Waals surface area contributed by atoms with Crippen LogP contribution in [0.1, 0.15) is 23.4 Å². The average molecular weight is 443 g/mol. The summed E-state index contributed by atoms with van der Waals surface area (Å²) in [5.41, 5.74) is 1.67. The van der Waals surface area contributed by atoms with Gasteiger partial charge in [0.15, 0.2) is 0 Å². The van der Waals surface area contributed by atoms with E-state index in [9.17, 15) is 9.59 Å². The molecule has 3 aromatic rings. The van der Waals surface area contributed by atoms with Crippen LogP contribution in [0.4, 0.5) is 5.69 Å². The third kappa shape index (κ3) is 5.20. The second-order valence-corrected chi connectivity index (χ2v) is 8.04. The largest absolute Gasteiger partial charge is 0.495 e. The second kappa shape index (κ2) is 10.3. The lowest BCUT2D eigenvalue weighted by atomic mass is 10.1. The van der Waals surface area contributed by atoms with Crippen molar-refractivity contribution in [2.75, 3.05) is 18.6 Å². The van der Waals surface area contributed by atoms with Crippen LogP contribution in [0.2, 0.25) is 5.02 Å². The molecule has 1 N–H and O–H groups in total. The number of carbonyl (C=O) groups excluding carboxylic acids is 2. The Balaban J connectivity index is 1.86. The summed E-state index contributed by atoms with van der Waals surface area (Å²) in [6.45, 7) is 1.91. The van der Waals surface area contributed by atoms with Gasteiger partial charge in [-0.2, -0.15) is 0 Å². The first-order valence-electron chi connectivity index (χ1n) is 9.49. The lowest BCUT2D eigenvalue weighted by Crippen LogP contribution is -2.43.